The lowest BCUT2D eigenvalue weighted by Crippen LogP contribution is -1.98. The minimum absolute atomic E-state index is 0.151. The van der Waals surface area contributed by atoms with Gasteiger partial charge in [-0.2, -0.15) is 0 Å². The predicted octanol–water partition coefficient (Wildman–Crippen LogP) is 4.98. The highest BCUT2D eigenvalue weighted by Gasteiger charge is 1.96. The van der Waals surface area contributed by atoms with Crippen molar-refractivity contribution in [1.82, 2.24) is 0 Å². The van der Waals surface area contributed by atoms with Gasteiger partial charge >= 0.3 is 5.97 Å². The van der Waals surface area contributed by atoms with Crippen molar-refractivity contribution in [3.63, 3.8) is 0 Å². The molecule has 0 atom stereocenters. The summed E-state index contributed by atoms with van der Waals surface area (Å²) in [5, 5.41) is 0. The van der Waals surface area contributed by atoms with E-state index in [2.05, 4.69) is 41.4 Å². The van der Waals surface area contributed by atoms with Gasteiger partial charge in [-0.15, -0.1) is 0 Å². The van der Waals surface area contributed by atoms with Crippen molar-refractivity contribution >= 4 is 5.97 Å². The molecule has 124 valence electrons. The van der Waals surface area contributed by atoms with Crippen LogP contribution in [0.2, 0.25) is 0 Å². The summed E-state index contributed by atoms with van der Waals surface area (Å²) in [7, 11) is 1.41. The van der Waals surface area contributed by atoms with Crippen LogP contribution in [0.1, 0.15) is 58.3 Å². The highest BCUT2D eigenvalue weighted by atomic mass is 16.5. The average Bonchev–Trinajstić information content (AvgIpc) is 2.57. The number of carbonyl (C=O) groups is 1. The summed E-state index contributed by atoms with van der Waals surface area (Å²) in [6.07, 6.45) is 19.1. The van der Waals surface area contributed by atoms with Gasteiger partial charge in [0.25, 0.3) is 0 Å². The van der Waals surface area contributed by atoms with E-state index in [0.29, 0.717) is 6.42 Å². The van der Waals surface area contributed by atoms with Gasteiger partial charge in [0.1, 0.15) is 0 Å². The first-order valence-corrected chi connectivity index (χ1v) is 8.31. The van der Waals surface area contributed by atoms with E-state index in [4.69, 9.17) is 0 Å². The maximum absolute atomic E-state index is 10.9. The zero-order valence-electron chi connectivity index (χ0n) is 14.4. The molecule has 0 unspecified atom stereocenters. The molecule has 0 aliphatic rings. The molecule has 0 aromatic carbocycles. The Morgan fingerprint density at radius 2 is 1.74 bits per heavy atom. The Labute approximate surface area is 141 Å². The fraction of sp³-hybridized carbons (Fsp3) is 0.476. The topological polar surface area (TPSA) is 26.3 Å². The average molecular weight is 312 g/mol. The predicted molar refractivity (Wildman–Crippen MR) is 97.6 cm³/mol. The number of ether oxygens (including phenoxy) is 1. The van der Waals surface area contributed by atoms with E-state index in [1.807, 2.05) is 30.4 Å². The molecular formula is C21H28O2. The van der Waals surface area contributed by atoms with Gasteiger partial charge in [0.2, 0.25) is 0 Å². The molecule has 2 nitrogen and oxygen atoms in total. The summed E-state index contributed by atoms with van der Waals surface area (Å²) in [4.78, 5) is 10.9. The summed E-state index contributed by atoms with van der Waals surface area (Å²) in [5.74, 6) is 12.0. The van der Waals surface area contributed by atoms with E-state index < -0.39 is 0 Å². The van der Waals surface area contributed by atoms with Crippen molar-refractivity contribution in [1.29, 1.82) is 0 Å². The van der Waals surface area contributed by atoms with Gasteiger partial charge in [0, 0.05) is 19.3 Å². The van der Waals surface area contributed by atoms with Gasteiger partial charge in [-0.1, -0.05) is 67.8 Å². The fourth-order valence-electron chi connectivity index (χ4n) is 1.65. The molecule has 0 N–H and O–H groups in total. The molecule has 0 fully saturated rings. The standard InChI is InChI=1S/C21H28O2/c1-3-4-5-6-7-8-9-10-11-12-13-14-15-16-17-18-19-20-21(22)23-2/h9-12,16-17H,3-6,15,18-20H2,1-2H3/b10-9+,12-11+,17-16-. The molecule has 0 radical (unpaired) electrons. The Morgan fingerprint density at radius 1 is 1.00 bits per heavy atom. The van der Waals surface area contributed by atoms with Gasteiger partial charge in [0.15, 0.2) is 0 Å². The highest BCUT2D eigenvalue weighted by Crippen LogP contribution is 1.98. The number of methoxy groups -OCH3 is 1. The van der Waals surface area contributed by atoms with E-state index in [-0.39, 0.29) is 5.97 Å². The number of hydrogen-bond acceptors (Lipinski definition) is 2. The largest absolute Gasteiger partial charge is 0.469 e. The van der Waals surface area contributed by atoms with Crippen LogP contribution >= 0.6 is 0 Å². The number of unbranched alkanes of at least 4 members (excludes halogenated alkanes) is 4. The summed E-state index contributed by atoms with van der Waals surface area (Å²) in [5.41, 5.74) is 0. The van der Waals surface area contributed by atoms with Crippen LogP contribution in [-0.2, 0) is 9.53 Å². The normalized spacial score (nSPS) is 10.5. The lowest BCUT2D eigenvalue weighted by Gasteiger charge is -1.95. The quantitative estimate of drug-likeness (QED) is 0.197. The first kappa shape index (κ1) is 20.8. The SMILES string of the molecule is CCCCCC#C/C=C/C=C/C#CC/C=C\CCCC(=O)OC. The second-order valence-corrected chi connectivity index (χ2v) is 4.96. The molecule has 0 spiro atoms. The van der Waals surface area contributed by atoms with Gasteiger partial charge in [-0.05, 0) is 31.4 Å². The van der Waals surface area contributed by atoms with E-state index in [0.717, 1.165) is 25.7 Å². The molecule has 0 bridgehead atoms. The zero-order valence-corrected chi connectivity index (χ0v) is 14.4. The molecule has 0 amide bonds. The Hall–Kier alpha value is -2.19. The van der Waals surface area contributed by atoms with Crippen LogP contribution in [0.5, 0.6) is 0 Å². The molecule has 0 aliphatic heterocycles. The zero-order chi connectivity index (χ0) is 17.0. The van der Waals surface area contributed by atoms with E-state index in [1.165, 1.54) is 26.4 Å². The maximum atomic E-state index is 10.9. The van der Waals surface area contributed by atoms with Crippen molar-refractivity contribution in [3.05, 3.63) is 36.5 Å². The molecular weight excluding hydrogens is 284 g/mol. The highest BCUT2D eigenvalue weighted by molar-refractivity contribution is 5.69. The Kier molecular flexibility index (Phi) is 16.2. The molecule has 0 heterocycles. The third kappa shape index (κ3) is 17.8. The number of hydrogen-bond donors (Lipinski definition) is 0. The van der Waals surface area contributed by atoms with Crippen molar-refractivity contribution < 1.29 is 9.53 Å². The second-order valence-electron chi connectivity index (χ2n) is 4.96. The first-order chi connectivity index (χ1) is 11.3. The molecule has 0 rings (SSSR count). The van der Waals surface area contributed by atoms with Crippen molar-refractivity contribution in [3.8, 4) is 23.7 Å². The third-order valence-corrected chi connectivity index (χ3v) is 2.95. The molecule has 23 heavy (non-hydrogen) atoms. The maximum Gasteiger partial charge on any atom is 0.305 e. The van der Waals surface area contributed by atoms with Crippen LogP contribution in [-0.4, -0.2) is 13.1 Å². The number of rotatable bonds is 9. The Morgan fingerprint density at radius 3 is 2.43 bits per heavy atom. The van der Waals surface area contributed by atoms with Crippen LogP contribution in [0.4, 0.5) is 0 Å². The molecule has 2 heteroatoms. The van der Waals surface area contributed by atoms with E-state index >= 15 is 0 Å². The van der Waals surface area contributed by atoms with Gasteiger partial charge in [0.05, 0.1) is 7.11 Å². The van der Waals surface area contributed by atoms with Gasteiger partial charge in [-0.3, -0.25) is 4.79 Å². The third-order valence-electron chi connectivity index (χ3n) is 2.95. The van der Waals surface area contributed by atoms with Crippen molar-refractivity contribution in [2.75, 3.05) is 7.11 Å². The summed E-state index contributed by atoms with van der Waals surface area (Å²) in [6, 6.07) is 0. The molecule has 0 aliphatic carbocycles. The number of carbonyl (C=O) groups excluding carboxylic acids is 1. The lowest BCUT2D eigenvalue weighted by molar-refractivity contribution is -0.140. The minimum atomic E-state index is -0.151. The Balaban J connectivity index is 3.65. The summed E-state index contributed by atoms with van der Waals surface area (Å²) in [6.45, 7) is 2.19. The fourth-order valence-corrected chi connectivity index (χ4v) is 1.65. The molecule has 0 saturated carbocycles. The summed E-state index contributed by atoms with van der Waals surface area (Å²) < 4.78 is 4.57. The summed E-state index contributed by atoms with van der Waals surface area (Å²) >= 11 is 0. The number of allylic oxidation sites excluding steroid dienone is 6. The van der Waals surface area contributed by atoms with Gasteiger partial charge < -0.3 is 4.74 Å². The van der Waals surface area contributed by atoms with Gasteiger partial charge in [-0.25, -0.2) is 0 Å². The second kappa shape index (κ2) is 17.9. The Bertz CT molecular complexity index is 501. The van der Waals surface area contributed by atoms with Crippen LogP contribution in [0.25, 0.3) is 0 Å². The first-order valence-electron chi connectivity index (χ1n) is 8.31. The van der Waals surface area contributed by atoms with Crippen LogP contribution in [0, 0.1) is 23.7 Å². The van der Waals surface area contributed by atoms with E-state index in [9.17, 15) is 4.79 Å². The lowest BCUT2D eigenvalue weighted by atomic mass is 10.2. The van der Waals surface area contributed by atoms with Crippen molar-refractivity contribution in [2.45, 2.75) is 58.3 Å². The smallest absolute Gasteiger partial charge is 0.305 e. The molecule has 0 aromatic heterocycles. The van der Waals surface area contributed by atoms with E-state index in [1.54, 1.807) is 0 Å². The monoisotopic (exact) mass is 312 g/mol. The van der Waals surface area contributed by atoms with Crippen LogP contribution in [0.15, 0.2) is 36.5 Å². The van der Waals surface area contributed by atoms with Crippen molar-refractivity contribution in [2.24, 2.45) is 0 Å². The minimum Gasteiger partial charge on any atom is -0.469 e. The van der Waals surface area contributed by atoms with Crippen LogP contribution < -0.4 is 0 Å². The molecule has 0 saturated heterocycles. The molecule has 0 aromatic rings. The van der Waals surface area contributed by atoms with Crippen LogP contribution in [0.3, 0.4) is 0 Å². The number of esters is 1.